The standard InChI is InChI=1S/C73H113N17O23/c1-10-39(5)57(86-64(106)47(32-52(74)94)82-65(107)50(37-92)78-54(96)35-77-60(102)49(36-91)83-67(109)51-24-21-29-90(51)41(7)93)68(110)87-58(40(6)11-2)69(111)89-73(9)28-20-15-13-12-14-19-27-72(8,70(112)84-43(25-26-55(97)98)61(103)79-44(59(76)101)34-56(99)100)88-66(108)46(31-42-22-17-16-18-23-42)81-62(104)45(30-38(3)4)80-63(105)48(33-53(75)95)85-71(73)113/h12-13,16-18,22-23,38-40,43-51,57-58,91-92H,10-11,14-15,19-21,24-37H2,1-9H3,(H2,74,94)(H2,75,95)(H2,76,101)(H,77,102)(H,78,96)(H,79,103)(H,80,105)(H,81,104)(H,82,107)(H,83,109)(H,84,112)(H,85,113)(H,86,106)(H,87,110)(H,88,108)(H,89,111)(H,97,98)(H,99,100)/b13-12-/t39-,40-,43-,44-,45-,46-,47-,48-,49-,50-,51-,57-,58-,72-,73-/m0/s1. The number of carboxylic acid groups (broad SMARTS) is 2. The lowest BCUT2D eigenvalue weighted by atomic mass is 9.90. The number of nitrogens with one attached hydrogen (secondary N) is 13. The van der Waals surface area contributed by atoms with Crippen molar-refractivity contribution >= 4 is 112 Å². The van der Waals surface area contributed by atoms with Gasteiger partial charge >= 0.3 is 11.9 Å². The number of carbonyl (C=O) groups excluding carboxylic acids is 17. The Morgan fingerprint density at radius 3 is 1.68 bits per heavy atom. The van der Waals surface area contributed by atoms with Gasteiger partial charge in [0.2, 0.25) is 100 Å². The maximum Gasteiger partial charge on any atom is 0.305 e. The maximum atomic E-state index is 15.0. The molecule has 1 fully saturated rings. The smallest absolute Gasteiger partial charge is 0.305 e. The zero-order chi connectivity index (χ0) is 85.2. The number of nitrogens with two attached hydrogens (primary N) is 3. The van der Waals surface area contributed by atoms with Crippen molar-refractivity contribution in [2.45, 2.75) is 249 Å². The Bertz CT molecular complexity index is 3620. The van der Waals surface area contributed by atoms with Gasteiger partial charge in [0.15, 0.2) is 0 Å². The van der Waals surface area contributed by atoms with Crippen LogP contribution in [0.3, 0.4) is 0 Å². The van der Waals surface area contributed by atoms with Crippen LogP contribution in [-0.4, -0.2) is 242 Å². The van der Waals surface area contributed by atoms with E-state index in [1.54, 1.807) is 84.0 Å². The fraction of sp³-hybridized carbons (Fsp3) is 0.630. The topological polar surface area (TPSA) is 643 Å². The molecular formula is C73H113N17O23. The first kappa shape index (κ1) is 96.0. The molecule has 15 atom stereocenters. The number of aliphatic carboxylic acids is 2. The Labute approximate surface area is 653 Å². The third-order valence-electron chi connectivity index (χ3n) is 19.3. The quantitative estimate of drug-likeness (QED) is 0.0275. The summed E-state index contributed by atoms with van der Waals surface area (Å²) < 4.78 is 0. The maximum absolute atomic E-state index is 15.0. The van der Waals surface area contributed by atoms with Crippen molar-refractivity contribution in [1.82, 2.24) is 74.0 Å². The summed E-state index contributed by atoms with van der Waals surface area (Å²) in [6.45, 7) is 11.1. The van der Waals surface area contributed by atoms with E-state index < -0.39 is 254 Å². The van der Waals surface area contributed by atoms with Gasteiger partial charge in [-0.15, -0.1) is 0 Å². The number of rotatable bonds is 38. The van der Waals surface area contributed by atoms with Crippen molar-refractivity contribution < 1.29 is 112 Å². The van der Waals surface area contributed by atoms with Gasteiger partial charge in [0.1, 0.15) is 77.5 Å². The van der Waals surface area contributed by atoms with Crippen molar-refractivity contribution in [3.63, 3.8) is 0 Å². The third-order valence-corrected chi connectivity index (χ3v) is 19.3. The molecule has 113 heavy (non-hydrogen) atoms. The zero-order valence-electron chi connectivity index (χ0n) is 65.2. The lowest BCUT2D eigenvalue weighted by molar-refractivity contribution is -0.141. The predicted molar refractivity (Wildman–Crippen MR) is 401 cm³/mol. The van der Waals surface area contributed by atoms with Gasteiger partial charge in [0.25, 0.3) is 0 Å². The van der Waals surface area contributed by atoms with E-state index >= 15 is 9.59 Å². The molecule has 0 radical (unpaired) electrons. The average Bonchev–Trinajstić information content (AvgIpc) is 1.62. The Morgan fingerprint density at radius 2 is 1.13 bits per heavy atom. The molecule has 0 saturated carbocycles. The Morgan fingerprint density at radius 1 is 0.584 bits per heavy atom. The molecule has 1 saturated heterocycles. The number of hydrogen-bond donors (Lipinski definition) is 20. The summed E-state index contributed by atoms with van der Waals surface area (Å²) in [6.07, 6.45) is 0.0463. The largest absolute Gasteiger partial charge is 0.481 e. The minimum absolute atomic E-state index is 0.0692. The van der Waals surface area contributed by atoms with Gasteiger partial charge < -0.3 is 112 Å². The van der Waals surface area contributed by atoms with Crippen LogP contribution < -0.4 is 86.3 Å². The number of aliphatic hydroxyl groups is 2. The van der Waals surface area contributed by atoms with E-state index in [2.05, 4.69) is 69.1 Å². The van der Waals surface area contributed by atoms with Crippen LogP contribution >= 0.6 is 0 Å². The number of likely N-dealkylation sites (tertiary alicyclic amines) is 1. The first-order valence-electron chi connectivity index (χ1n) is 37.5. The van der Waals surface area contributed by atoms with E-state index in [-0.39, 0.29) is 70.1 Å². The first-order chi connectivity index (χ1) is 53.0. The highest BCUT2D eigenvalue weighted by molar-refractivity contribution is 6.03. The number of allylic oxidation sites excluding steroid dienone is 2. The van der Waals surface area contributed by atoms with Gasteiger partial charge in [-0.05, 0) is 101 Å². The highest BCUT2D eigenvalue weighted by Crippen LogP contribution is 2.23. The zero-order valence-corrected chi connectivity index (χ0v) is 65.2. The molecule has 2 heterocycles. The number of primary amides is 3. The second kappa shape index (κ2) is 46.6. The summed E-state index contributed by atoms with van der Waals surface area (Å²) >= 11 is 0. The lowest BCUT2D eigenvalue weighted by Gasteiger charge is -2.35. The Kier molecular flexibility index (Phi) is 39.6. The van der Waals surface area contributed by atoms with Crippen LogP contribution in [0, 0.1) is 17.8 Å². The molecule has 628 valence electrons. The van der Waals surface area contributed by atoms with Crippen LogP contribution in [0.4, 0.5) is 0 Å². The molecule has 2 aliphatic heterocycles. The average molecular weight is 1600 g/mol. The highest BCUT2D eigenvalue weighted by Gasteiger charge is 2.44. The molecule has 0 aromatic heterocycles. The highest BCUT2D eigenvalue weighted by atomic mass is 16.4. The van der Waals surface area contributed by atoms with Crippen molar-refractivity contribution in [3.8, 4) is 0 Å². The monoisotopic (exact) mass is 1600 g/mol. The first-order valence-corrected chi connectivity index (χ1v) is 37.5. The Balaban J connectivity index is 2.06. The summed E-state index contributed by atoms with van der Waals surface area (Å²) in [6, 6.07) is -9.67. The number of carboxylic acids is 2. The third kappa shape index (κ3) is 31.8. The second-order valence-electron chi connectivity index (χ2n) is 29.2. The van der Waals surface area contributed by atoms with Gasteiger partial charge in [0, 0.05) is 26.3 Å². The molecule has 0 bridgehead atoms. The number of hydrogen-bond acceptors (Lipinski definition) is 21. The van der Waals surface area contributed by atoms with E-state index in [0.717, 1.165) is 0 Å². The fourth-order valence-corrected chi connectivity index (χ4v) is 12.3. The second-order valence-corrected chi connectivity index (χ2v) is 29.2. The van der Waals surface area contributed by atoms with Crippen LogP contribution in [0.15, 0.2) is 42.5 Å². The van der Waals surface area contributed by atoms with E-state index in [1.807, 2.05) is 0 Å². The number of nitrogens with zero attached hydrogens (tertiary/aromatic N) is 1. The normalized spacial score (nSPS) is 21.9. The van der Waals surface area contributed by atoms with Gasteiger partial charge in [-0.3, -0.25) is 91.1 Å². The van der Waals surface area contributed by atoms with Crippen LogP contribution in [0.25, 0.3) is 0 Å². The van der Waals surface area contributed by atoms with Crippen molar-refractivity contribution in [3.05, 3.63) is 48.0 Å². The SMILES string of the molecule is CC[C@H](C)[C@H](NC(=O)[C@H](CC(N)=O)NC(=O)[C@H](CO)NC(=O)CNC(=O)[C@H](CO)NC(=O)[C@@H]1CCCN1C(C)=O)C(=O)N[C@H](C(=O)N[C@@]1(C)CCC/C=C\CCC[C@@](C)(C(=O)N[C@@H](CCC(=O)O)C(=O)N[C@@H](CC(=O)O)C(N)=O)NC(=O)[C@H](Cc2ccccc2)NC(=O)[C@H](CC(C)C)NC(=O)[C@H](CC(N)=O)NC1=O)[C@@H](C)CC. The molecule has 0 spiro atoms. The van der Waals surface area contributed by atoms with Crippen LogP contribution in [0.5, 0.6) is 0 Å². The van der Waals surface area contributed by atoms with Gasteiger partial charge in [0.05, 0.1) is 39.0 Å². The fourth-order valence-electron chi connectivity index (χ4n) is 12.3. The van der Waals surface area contributed by atoms with Crippen molar-refractivity contribution in [2.24, 2.45) is 35.0 Å². The summed E-state index contributed by atoms with van der Waals surface area (Å²) in [7, 11) is 0. The van der Waals surface area contributed by atoms with Gasteiger partial charge in [-0.2, -0.15) is 0 Å². The predicted octanol–water partition coefficient (Wildman–Crippen LogP) is -5.44. The molecule has 3 rings (SSSR count). The molecule has 0 unspecified atom stereocenters. The molecule has 23 N–H and O–H groups in total. The molecule has 17 amide bonds. The number of benzene rings is 1. The lowest BCUT2D eigenvalue weighted by Crippen LogP contribution is -2.65. The number of amides is 17. The van der Waals surface area contributed by atoms with E-state index in [9.17, 15) is 102 Å². The number of carbonyl (C=O) groups is 19. The molecule has 40 nitrogen and oxygen atoms in total. The Hall–Kier alpha value is -11.2. The molecular weight excluding hydrogens is 1480 g/mol. The molecule has 40 heteroatoms. The van der Waals surface area contributed by atoms with E-state index in [1.165, 1.54) is 25.7 Å². The molecule has 1 aromatic carbocycles. The molecule has 0 aliphatic carbocycles. The van der Waals surface area contributed by atoms with E-state index in [4.69, 9.17) is 17.2 Å². The summed E-state index contributed by atoms with van der Waals surface area (Å²) in [5.74, 6) is -22.5. The molecule has 2 aliphatic rings. The summed E-state index contributed by atoms with van der Waals surface area (Å²) in [4.78, 5) is 259. The minimum Gasteiger partial charge on any atom is -0.481 e. The van der Waals surface area contributed by atoms with E-state index in [0.29, 0.717) is 24.9 Å². The number of aliphatic hydroxyl groups excluding tert-OH is 2. The van der Waals surface area contributed by atoms with Crippen LogP contribution in [-0.2, 0) is 97.5 Å². The summed E-state index contributed by atoms with van der Waals surface area (Å²) in [5.41, 5.74) is 13.0. The van der Waals surface area contributed by atoms with Gasteiger partial charge in [-0.1, -0.05) is 96.9 Å². The van der Waals surface area contributed by atoms with Crippen molar-refractivity contribution in [1.29, 1.82) is 0 Å². The minimum atomic E-state index is -2.06. The molecule has 1 aromatic rings. The summed E-state index contributed by atoms with van der Waals surface area (Å²) in [5, 5.41) is 70.9. The van der Waals surface area contributed by atoms with Crippen LogP contribution in [0.2, 0.25) is 0 Å². The van der Waals surface area contributed by atoms with Gasteiger partial charge in [-0.25, -0.2) is 0 Å². The van der Waals surface area contributed by atoms with Crippen molar-refractivity contribution in [2.75, 3.05) is 26.3 Å². The van der Waals surface area contributed by atoms with Crippen LogP contribution in [0.1, 0.15) is 171 Å².